The number of hydrogen-bond donors (Lipinski definition) is 1. The van der Waals surface area contributed by atoms with Gasteiger partial charge >= 0.3 is 0 Å². The number of anilines is 1. The van der Waals surface area contributed by atoms with E-state index in [0.717, 1.165) is 25.0 Å². The molecule has 3 nitrogen and oxygen atoms in total. The van der Waals surface area contributed by atoms with Crippen LogP contribution in [0.25, 0.3) is 11.3 Å². The average Bonchev–Trinajstić information content (AvgIpc) is 2.85. The highest BCUT2D eigenvalue weighted by molar-refractivity contribution is 5.71. The SMILES string of the molecule is Nc1cn(C2CCCCC2)nc1-c1ccc(F)c(F)c1. The fraction of sp³-hybridized carbons (Fsp3) is 0.400. The van der Waals surface area contributed by atoms with Crippen LogP contribution in [0.1, 0.15) is 38.1 Å². The number of rotatable bonds is 2. The lowest BCUT2D eigenvalue weighted by Crippen LogP contribution is -2.13. The summed E-state index contributed by atoms with van der Waals surface area (Å²) in [6.07, 6.45) is 7.66. The van der Waals surface area contributed by atoms with Crippen LogP contribution >= 0.6 is 0 Å². The van der Waals surface area contributed by atoms with Crippen molar-refractivity contribution in [1.82, 2.24) is 9.78 Å². The minimum Gasteiger partial charge on any atom is -0.396 e. The summed E-state index contributed by atoms with van der Waals surface area (Å²) in [6, 6.07) is 4.11. The Labute approximate surface area is 116 Å². The van der Waals surface area contributed by atoms with Gasteiger partial charge in [0.1, 0.15) is 5.69 Å². The third-order valence-electron chi connectivity index (χ3n) is 3.90. The van der Waals surface area contributed by atoms with E-state index in [4.69, 9.17) is 5.73 Å². The predicted molar refractivity (Wildman–Crippen MR) is 74.1 cm³/mol. The normalized spacial score (nSPS) is 16.5. The molecule has 20 heavy (non-hydrogen) atoms. The van der Waals surface area contributed by atoms with Gasteiger partial charge in [0.2, 0.25) is 0 Å². The van der Waals surface area contributed by atoms with E-state index < -0.39 is 11.6 Å². The van der Waals surface area contributed by atoms with Gasteiger partial charge in [-0.15, -0.1) is 0 Å². The van der Waals surface area contributed by atoms with E-state index in [-0.39, 0.29) is 0 Å². The Bertz CT molecular complexity index is 616. The molecule has 1 fully saturated rings. The average molecular weight is 277 g/mol. The quantitative estimate of drug-likeness (QED) is 0.904. The molecule has 0 aliphatic heterocycles. The summed E-state index contributed by atoms with van der Waals surface area (Å²) >= 11 is 0. The monoisotopic (exact) mass is 277 g/mol. The molecule has 1 aromatic carbocycles. The molecule has 3 rings (SSSR count). The van der Waals surface area contributed by atoms with E-state index in [1.807, 2.05) is 4.68 Å². The minimum absolute atomic E-state index is 0.366. The van der Waals surface area contributed by atoms with Crippen LogP contribution in [0.5, 0.6) is 0 Å². The molecule has 5 heteroatoms. The van der Waals surface area contributed by atoms with Crippen molar-refractivity contribution in [3.8, 4) is 11.3 Å². The number of hydrogen-bond acceptors (Lipinski definition) is 2. The molecular weight excluding hydrogens is 260 g/mol. The van der Waals surface area contributed by atoms with Crippen LogP contribution in [-0.2, 0) is 0 Å². The second-order valence-electron chi connectivity index (χ2n) is 5.33. The van der Waals surface area contributed by atoms with Gasteiger partial charge in [0.15, 0.2) is 11.6 Å². The number of benzene rings is 1. The third kappa shape index (κ3) is 2.40. The van der Waals surface area contributed by atoms with Crippen LogP contribution in [-0.4, -0.2) is 9.78 Å². The molecule has 2 N–H and O–H groups in total. The second-order valence-corrected chi connectivity index (χ2v) is 5.33. The highest BCUT2D eigenvalue weighted by Gasteiger charge is 2.19. The summed E-state index contributed by atoms with van der Waals surface area (Å²) in [4.78, 5) is 0. The van der Waals surface area contributed by atoms with Crippen molar-refractivity contribution in [1.29, 1.82) is 0 Å². The van der Waals surface area contributed by atoms with Gasteiger partial charge in [-0.2, -0.15) is 5.10 Å². The molecule has 0 atom stereocenters. The zero-order chi connectivity index (χ0) is 14.1. The van der Waals surface area contributed by atoms with Crippen LogP contribution in [0.3, 0.4) is 0 Å². The molecule has 1 aromatic heterocycles. The fourth-order valence-corrected chi connectivity index (χ4v) is 2.81. The fourth-order valence-electron chi connectivity index (χ4n) is 2.81. The van der Waals surface area contributed by atoms with Gasteiger partial charge in [-0.3, -0.25) is 4.68 Å². The highest BCUT2D eigenvalue weighted by atomic mass is 19.2. The molecule has 0 spiro atoms. The van der Waals surface area contributed by atoms with E-state index in [2.05, 4.69) is 5.10 Å². The molecule has 0 saturated heterocycles. The number of nitrogens with zero attached hydrogens (tertiary/aromatic N) is 2. The molecule has 0 amide bonds. The van der Waals surface area contributed by atoms with Crippen molar-refractivity contribution in [2.75, 3.05) is 5.73 Å². The summed E-state index contributed by atoms with van der Waals surface area (Å²) in [6.45, 7) is 0. The van der Waals surface area contributed by atoms with Crippen LogP contribution in [0.2, 0.25) is 0 Å². The molecule has 0 bridgehead atoms. The summed E-state index contributed by atoms with van der Waals surface area (Å²) in [5, 5.41) is 4.48. The Balaban J connectivity index is 1.93. The Kier molecular flexibility index (Phi) is 3.42. The number of nitrogens with two attached hydrogens (primary N) is 1. The lowest BCUT2D eigenvalue weighted by molar-refractivity contribution is 0.330. The van der Waals surface area contributed by atoms with Gasteiger partial charge in [-0.05, 0) is 31.0 Å². The van der Waals surface area contributed by atoms with E-state index in [0.29, 0.717) is 23.0 Å². The molecule has 1 aliphatic rings. The Hall–Kier alpha value is -1.91. The molecule has 1 aliphatic carbocycles. The lowest BCUT2D eigenvalue weighted by Gasteiger charge is -2.21. The van der Waals surface area contributed by atoms with Gasteiger partial charge in [0.25, 0.3) is 0 Å². The zero-order valence-electron chi connectivity index (χ0n) is 11.1. The van der Waals surface area contributed by atoms with Gasteiger partial charge < -0.3 is 5.73 Å². The first-order valence-electron chi connectivity index (χ1n) is 6.95. The van der Waals surface area contributed by atoms with Crippen molar-refractivity contribution >= 4 is 5.69 Å². The smallest absolute Gasteiger partial charge is 0.159 e. The standard InChI is InChI=1S/C15H17F2N3/c16-12-7-6-10(8-13(12)17)15-14(18)9-20(19-15)11-4-2-1-3-5-11/h6-9,11H,1-5,18H2. The highest BCUT2D eigenvalue weighted by Crippen LogP contribution is 2.31. The van der Waals surface area contributed by atoms with Gasteiger partial charge in [-0.25, -0.2) is 8.78 Å². The number of aromatic nitrogens is 2. The molecule has 0 radical (unpaired) electrons. The maximum atomic E-state index is 13.3. The molecule has 0 unspecified atom stereocenters. The Morgan fingerprint density at radius 3 is 2.55 bits per heavy atom. The second kappa shape index (κ2) is 5.23. The first kappa shape index (κ1) is 13.1. The van der Waals surface area contributed by atoms with Crippen molar-refractivity contribution in [2.45, 2.75) is 38.1 Å². The van der Waals surface area contributed by atoms with Crippen LogP contribution < -0.4 is 5.73 Å². The maximum Gasteiger partial charge on any atom is 0.159 e. The Morgan fingerprint density at radius 2 is 1.85 bits per heavy atom. The van der Waals surface area contributed by atoms with E-state index in [1.54, 1.807) is 6.20 Å². The zero-order valence-corrected chi connectivity index (χ0v) is 11.1. The van der Waals surface area contributed by atoms with Gasteiger partial charge in [0.05, 0.1) is 11.7 Å². The largest absolute Gasteiger partial charge is 0.396 e. The van der Waals surface area contributed by atoms with Gasteiger partial charge in [-0.1, -0.05) is 19.3 Å². The van der Waals surface area contributed by atoms with Crippen molar-refractivity contribution in [3.05, 3.63) is 36.0 Å². The summed E-state index contributed by atoms with van der Waals surface area (Å²) in [5.74, 6) is -1.74. The van der Waals surface area contributed by atoms with Crippen LogP contribution in [0.15, 0.2) is 24.4 Å². The number of nitrogen functional groups attached to an aromatic ring is 1. The molecule has 2 aromatic rings. The van der Waals surface area contributed by atoms with Gasteiger partial charge in [0, 0.05) is 11.8 Å². The molecule has 1 saturated carbocycles. The predicted octanol–water partition coefficient (Wildman–Crippen LogP) is 3.92. The molecule has 106 valence electrons. The summed E-state index contributed by atoms with van der Waals surface area (Å²) in [5.41, 5.74) is 7.50. The Morgan fingerprint density at radius 1 is 1.10 bits per heavy atom. The maximum absolute atomic E-state index is 13.3. The van der Waals surface area contributed by atoms with Crippen LogP contribution in [0, 0.1) is 11.6 Å². The summed E-state index contributed by atoms with van der Waals surface area (Å²) < 4.78 is 28.2. The number of halogens is 2. The van der Waals surface area contributed by atoms with Crippen molar-refractivity contribution < 1.29 is 8.78 Å². The van der Waals surface area contributed by atoms with Crippen molar-refractivity contribution in [2.24, 2.45) is 0 Å². The first-order valence-corrected chi connectivity index (χ1v) is 6.95. The lowest BCUT2D eigenvalue weighted by atomic mass is 9.96. The minimum atomic E-state index is -0.880. The van der Waals surface area contributed by atoms with E-state index >= 15 is 0 Å². The van der Waals surface area contributed by atoms with E-state index in [1.165, 1.54) is 25.3 Å². The topological polar surface area (TPSA) is 43.8 Å². The molecule has 1 heterocycles. The molecular formula is C15H17F2N3. The van der Waals surface area contributed by atoms with Crippen LogP contribution in [0.4, 0.5) is 14.5 Å². The summed E-state index contributed by atoms with van der Waals surface area (Å²) in [7, 11) is 0. The first-order chi connectivity index (χ1) is 9.65. The third-order valence-corrected chi connectivity index (χ3v) is 3.90. The van der Waals surface area contributed by atoms with Crippen molar-refractivity contribution in [3.63, 3.8) is 0 Å². The van der Waals surface area contributed by atoms with E-state index in [9.17, 15) is 8.78 Å².